The zero-order valence-electron chi connectivity index (χ0n) is 14.6. The van der Waals surface area contributed by atoms with Crippen LogP contribution < -0.4 is 10.6 Å². The molecule has 0 saturated heterocycles. The van der Waals surface area contributed by atoms with Crippen LogP contribution in [-0.4, -0.2) is 21.8 Å². The molecule has 2 aromatic heterocycles. The summed E-state index contributed by atoms with van der Waals surface area (Å²) in [5.41, 5.74) is 2.68. The number of aromatic nitrogens is 2. The molecule has 2 amide bonds. The Balaban J connectivity index is 1.55. The van der Waals surface area contributed by atoms with Gasteiger partial charge in [-0.1, -0.05) is 41.9 Å². The molecule has 0 fully saturated rings. The van der Waals surface area contributed by atoms with Gasteiger partial charge in [-0.05, 0) is 30.3 Å². The Morgan fingerprint density at radius 2 is 1.68 bits per heavy atom. The van der Waals surface area contributed by atoms with Crippen LogP contribution >= 0.6 is 11.6 Å². The lowest BCUT2D eigenvalue weighted by Gasteiger charge is -2.09. The number of carbonyl (C=O) groups is 2. The van der Waals surface area contributed by atoms with E-state index in [0.29, 0.717) is 38.6 Å². The number of carbonyl (C=O) groups excluding carboxylic acids is 2. The molecule has 0 saturated carbocycles. The highest BCUT2D eigenvalue weighted by atomic mass is 35.5. The minimum absolute atomic E-state index is 0.192. The third-order valence-corrected chi connectivity index (χ3v) is 4.36. The Morgan fingerprint density at radius 3 is 2.50 bits per heavy atom. The highest BCUT2D eigenvalue weighted by Crippen LogP contribution is 2.23. The summed E-state index contributed by atoms with van der Waals surface area (Å²) >= 11 is 6.01. The number of halogens is 1. The fourth-order valence-electron chi connectivity index (χ4n) is 2.87. The smallest absolute Gasteiger partial charge is 0.323 e. The molecule has 2 heterocycles. The first-order chi connectivity index (χ1) is 13.6. The number of ketones is 1. The zero-order chi connectivity index (χ0) is 19.5. The van der Waals surface area contributed by atoms with Crippen LogP contribution in [0, 0.1) is 0 Å². The number of urea groups is 1. The molecule has 0 bridgehead atoms. The minimum atomic E-state index is -0.390. The van der Waals surface area contributed by atoms with Crippen molar-refractivity contribution in [3.63, 3.8) is 0 Å². The van der Waals surface area contributed by atoms with E-state index in [0.717, 1.165) is 0 Å². The van der Waals surface area contributed by atoms with Crippen molar-refractivity contribution in [3.8, 4) is 0 Å². The average molecular weight is 391 g/mol. The van der Waals surface area contributed by atoms with Crippen LogP contribution in [0.5, 0.6) is 0 Å². The molecule has 0 unspecified atom stereocenters. The van der Waals surface area contributed by atoms with E-state index in [1.807, 2.05) is 18.2 Å². The molecule has 0 radical (unpaired) electrons. The molecule has 0 aliphatic heterocycles. The lowest BCUT2D eigenvalue weighted by molar-refractivity contribution is 0.104. The maximum absolute atomic E-state index is 12.9. The summed E-state index contributed by atoms with van der Waals surface area (Å²) in [7, 11) is 0. The van der Waals surface area contributed by atoms with E-state index in [4.69, 9.17) is 11.6 Å². The number of fused-ring (bicyclic) bond motifs is 1. The van der Waals surface area contributed by atoms with E-state index in [1.54, 1.807) is 48.7 Å². The lowest BCUT2D eigenvalue weighted by atomic mass is 10.0. The lowest BCUT2D eigenvalue weighted by Crippen LogP contribution is -2.19. The molecular weight excluding hydrogens is 376 g/mol. The zero-order valence-corrected chi connectivity index (χ0v) is 15.3. The van der Waals surface area contributed by atoms with Crippen molar-refractivity contribution in [3.05, 3.63) is 89.2 Å². The van der Waals surface area contributed by atoms with E-state index in [9.17, 15) is 9.59 Å². The number of rotatable bonds is 4. The second-order valence-electron chi connectivity index (χ2n) is 6.11. The first-order valence-corrected chi connectivity index (χ1v) is 8.88. The van der Waals surface area contributed by atoms with Crippen molar-refractivity contribution in [2.75, 3.05) is 10.6 Å². The summed E-state index contributed by atoms with van der Waals surface area (Å²) in [5.74, 6) is -0.192. The maximum Gasteiger partial charge on any atom is 0.323 e. The van der Waals surface area contributed by atoms with Crippen LogP contribution in [-0.2, 0) is 0 Å². The van der Waals surface area contributed by atoms with Crippen LogP contribution in [0.25, 0.3) is 11.0 Å². The molecule has 0 aliphatic carbocycles. The van der Waals surface area contributed by atoms with Crippen LogP contribution in [0.3, 0.4) is 0 Å². The summed E-state index contributed by atoms with van der Waals surface area (Å²) in [4.78, 5) is 32.3. The summed E-state index contributed by atoms with van der Waals surface area (Å²) in [5, 5.41) is 6.57. The van der Waals surface area contributed by atoms with Crippen LogP contribution in [0.1, 0.15) is 15.9 Å². The Morgan fingerprint density at radius 1 is 0.929 bits per heavy atom. The number of nitrogens with one attached hydrogen (secondary N) is 3. The van der Waals surface area contributed by atoms with Gasteiger partial charge in [0.1, 0.15) is 5.65 Å². The molecule has 0 atom stereocenters. The van der Waals surface area contributed by atoms with Gasteiger partial charge in [-0.25, -0.2) is 9.78 Å². The molecule has 0 aliphatic rings. The normalized spacial score (nSPS) is 10.6. The van der Waals surface area contributed by atoms with Crippen LogP contribution in [0.4, 0.5) is 16.2 Å². The van der Waals surface area contributed by atoms with Crippen LogP contribution in [0.15, 0.2) is 73.1 Å². The van der Waals surface area contributed by atoms with Crippen molar-refractivity contribution in [1.82, 2.24) is 9.97 Å². The molecule has 3 N–H and O–H groups in total. The molecule has 138 valence electrons. The molecule has 0 spiro atoms. The highest BCUT2D eigenvalue weighted by Gasteiger charge is 2.16. The van der Waals surface area contributed by atoms with E-state index < -0.39 is 0 Å². The molecular formula is C21H15ClN4O2. The standard InChI is InChI=1S/C21H15ClN4O2/c22-14-10-17-18(12-24-20(17)23-11-14)19(27)13-5-4-8-16(9-13)26-21(28)25-15-6-2-1-3-7-15/h1-12H,(H,23,24)(H2,25,26,28). The fraction of sp³-hybridized carbons (Fsp3) is 0. The van der Waals surface area contributed by atoms with Crippen molar-refractivity contribution in [2.45, 2.75) is 0 Å². The van der Waals surface area contributed by atoms with E-state index in [-0.39, 0.29) is 11.8 Å². The average Bonchev–Trinajstić information content (AvgIpc) is 3.11. The Kier molecular flexibility index (Phi) is 4.78. The van der Waals surface area contributed by atoms with E-state index in [1.165, 1.54) is 6.20 Å². The summed E-state index contributed by atoms with van der Waals surface area (Å²) in [6, 6.07) is 17.2. The van der Waals surface area contributed by atoms with E-state index in [2.05, 4.69) is 20.6 Å². The topological polar surface area (TPSA) is 86.9 Å². The van der Waals surface area contributed by atoms with Crippen molar-refractivity contribution in [1.29, 1.82) is 0 Å². The van der Waals surface area contributed by atoms with Crippen molar-refractivity contribution in [2.24, 2.45) is 0 Å². The monoisotopic (exact) mass is 390 g/mol. The molecule has 2 aromatic carbocycles. The number of nitrogens with zero attached hydrogens (tertiary/aromatic N) is 1. The van der Waals surface area contributed by atoms with Gasteiger partial charge < -0.3 is 15.6 Å². The Labute approximate surface area is 165 Å². The van der Waals surface area contributed by atoms with Crippen molar-refractivity contribution < 1.29 is 9.59 Å². The molecule has 28 heavy (non-hydrogen) atoms. The van der Waals surface area contributed by atoms with Gasteiger partial charge in [0.05, 0.1) is 5.02 Å². The van der Waals surface area contributed by atoms with Gasteiger partial charge >= 0.3 is 6.03 Å². The number of H-pyrrole nitrogens is 1. The SMILES string of the molecule is O=C(Nc1ccccc1)Nc1cccc(C(=O)c2c[nH]c3ncc(Cl)cc23)c1. The third kappa shape index (κ3) is 3.72. The van der Waals surface area contributed by atoms with Gasteiger partial charge in [-0.15, -0.1) is 0 Å². The predicted molar refractivity (Wildman–Crippen MR) is 110 cm³/mol. The van der Waals surface area contributed by atoms with Gasteiger partial charge in [-0.3, -0.25) is 4.79 Å². The second-order valence-corrected chi connectivity index (χ2v) is 6.54. The molecule has 4 aromatic rings. The maximum atomic E-state index is 12.9. The van der Waals surface area contributed by atoms with Gasteiger partial charge in [0.15, 0.2) is 5.78 Å². The summed E-state index contributed by atoms with van der Waals surface area (Å²) in [6.07, 6.45) is 3.13. The molecule has 7 heteroatoms. The minimum Gasteiger partial charge on any atom is -0.345 e. The summed E-state index contributed by atoms with van der Waals surface area (Å²) in [6.45, 7) is 0. The quantitative estimate of drug-likeness (QED) is 0.424. The number of pyridine rings is 1. The van der Waals surface area contributed by atoms with Crippen molar-refractivity contribution >= 4 is 45.8 Å². The van der Waals surface area contributed by atoms with Gasteiger partial charge in [0.25, 0.3) is 0 Å². The van der Waals surface area contributed by atoms with Gasteiger partial charge in [-0.2, -0.15) is 0 Å². The summed E-state index contributed by atoms with van der Waals surface area (Å²) < 4.78 is 0. The number of amides is 2. The predicted octanol–water partition coefficient (Wildman–Crippen LogP) is 5.09. The number of benzene rings is 2. The Hall–Kier alpha value is -3.64. The molecule has 4 rings (SSSR count). The number of hydrogen-bond donors (Lipinski definition) is 3. The number of anilines is 2. The Bertz CT molecular complexity index is 1170. The highest BCUT2D eigenvalue weighted by molar-refractivity contribution is 6.31. The van der Waals surface area contributed by atoms with Crippen LogP contribution in [0.2, 0.25) is 5.02 Å². The van der Waals surface area contributed by atoms with Gasteiger partial charge in [0.2, 0.25) is 0 Å². The third-order valence-electron chi connectivity index (χ3n) is 4.16. The number of aromatic amines is 1. The fourth-order valence-corrected chi connectivity index (χ4v) is 3.03. The number of para-hydroxylation sites is 1. The number of hydrogen-bond acceptors (Lipinski definition) is 3. The first kappa shape index (κ1) is 17.8. The van der Waals surface area contributed by atoms with Gasteiger partial charge in [0, 0.05) is 40.3 Å². The largest absolute Gasteiger partial charge is 0.345 e. The van der Waals surface area contributed by atoms with E-state index >= 15 is 0 Å². The second kappa shape index (κ2) is 7.54. The molecule has 6 nitrogen and oxygen atoms in total. The first-order valence-electron chi connectivity index (χ1n) is 8.50.